The number of piperazine rings is 1. The minimum Gasteiger partial charge on any atom is -0.353 e. The Labute approximate surface area is 159 Å². The number of anilines is 1. The molecule has 0 saturated carbocycles. The molecule has 8 heteroatoms. The Hall–Kier alpha value is -2.48. The van der Waals surface area contributed by atoms with Crippen molar-refractivity contribution in [2.24, 2.45) is 0 Å². The van der Waals surface area contributed by atoms with Crippen LogP contribution in [0.15, 0.2) is 24.4 Å². The van der Waals surface area contributed by atoms with Crippen molar-refractivity contribution in [3.63, 3.8) is 0 Å². The highest BCUT2D eigenvalue weighted by Crippen LogP contribution is 2.15. The lowest BCUT2D eigenvalue weighted by atomic mass is 10.1. The first kappa shape index (κ1) is 17.9. The number of hydrogen-bond acceptors (Lipinski definition) is 6. The lowest BCUT2D eigenvalue weighted by Crippen LogP contribution is -2.51. The molecule has 8 nitrogen and oxygen atoms in total. The zero-order valence-electron chi connectivity index (χ0n) is 15.9. The summed E-state index contributed by atoms with van der Waals surface area (Å²) in [6, 6.07) is 5.88. The molecular formula is C19H27N7O. The van der Waals surface area contributed by atoms with Crippen molar-refractivity contribution in [1.82, 2.24) is 29.8 Å². The fourth-order valence-electron chi connectivity index (χ4n) is 3.72. The number of aromatic nitrogens is 4. The minimum atomic E-state index is 0.279. The van der Waals surface area contributed by atoms with Gasteiger partial charge in [0.25, 0.3) is 0 Å². The molecule has 0 spiro atoms. The van der Waals surface area contributed by atoms with E-state index < -0.39 is 0 Å². The summed E-state index contributed by atoms with van der Waals surface area (Å²) < 4.78 is 1.73. The zero-order valence-corrected chi connectivity index (χ0v) is 15.9. The van der Waals surface area contributed by atoms with Gasteiger partial charge in [-0.2, -0.15) is 5.10 Å². The van der Waals surface area contributed by atoms with Gasteiger partial charge in [-0.15, -0.1) is 10.2 Å². The van der Waals surface area contributed by atoms with E-state index in [0.717, 1.165) is 69.4 Å². The maximum Gasteiger partial charge on any atom is 0.236 e. The summed E-state index contributed by atoms with van der Waals surface area (Å²) in [6.45, 7) is 7.82. The van der Waals surface area contributed by atoms with Gasteiger partial charge < -0.3 is 9.80 Å². The van der Waals surface area contributed by atoms with Crippen LogP contribution in [0.4, 0.5) is 5.82 Å². The van der Waals surface area contributed by atoms with Crippen LogP contribution in [-0.4, -0.2) is 81.5 Å². The molecule has 0 aliphatic carbocycles. The van der Waals surface area contributed by atoms with Crippen molar-refractivity contribution in [2.75, 3.05) is 50.7 Å². The number of hydrogen-bond donors (Lipinski definition) is 0. The minimum absolute atomic E-state index is 0.279. The molecule has 0 atom stereocenters. The number of piperidine rings is 1. The van der Waals surface area contributed by atoms with Crippen LogP contribution in [0.3, 0.4) is 0 Å². The van der Waals surface area contributed by atoms with Crippen LogP contribution in [0.25, 0.3) is 5.82 Å². The molecule has 1 amide bonds. The van der Waals surface area contributed by atoms with E-state index in [9.17, 15) is 4.79 Å². The largest absolute Gasteiger partial charge is 0.353 e. The molecule has 27 heavy (non-hydrogen) atoms. The van der Waals surface area contributed by atoms with Gasteiger partial charge in [0.1, 0.15) is 0 Å². The molecule has 2 saturated heterocycles. The Bertz CT molecular complexity index is 759. The second-order valence-electron chi connectivity index (χ2n) is 7.36. The van der Waals surface area contributed by atoms with Crippen LogP contribution in [0.1, 0.15) is 25.0 Å². The molecule has 2 aromatic rings. The topological polar surface area (TPSA) is 70.4 Å². The highest BCUT2D eigenvalue weighted by atomic mass is 16.2. The predicted octanol–water partition coefficient (Wildman–Crippen LogP) is 1.11. The molecule has 2 aromatic heterocycles. The third kappa shape index (κ3) is 4.27. The second kappa shape index (κ2) is 8.04. The van der Waals surface area contributed by atoms with Gasteiger partial charge in [-0.3, -0.25) is 9.69 Å². The normalized spacial score (nSPS) is 18.7. The Morgan fingerprint density at radius 2 is 1.63 bits per heavy atom. The molecule has 0 N–H and O–H groups in total. The van der Waals surface area contributed by atoms with Gasteiger partial charge in [0.05, 0.1) is 12.2 Å². The van der Waals surface area contributed by atoms with Crippen molar-refractivity contribution in [2.45, 2.75) is 26.2 Å². The summed E-state index contributed by atoms with van der Waals surface area (Å²) in [5.74, 6) is 1.88. The summed E-state index contributed by atoms with van der Waals surface area (Å²) in [5.41, 5.74) is 0.955. The third-order valence-electron chi connectivity index (χ3n) is 5.36. The van der Waals surface area contributed by atoms with E-state index in [-0.39, 0.29) is 5.91 Å². The zero-order chi connectivity index (χ0) is 18.6. The van der Waals surface area contributed by atoms with Gasteiger partial charge in [-0.25, -0.2) is 4.68 Å². The maximum atomic E-state index is 12.4. The van der Waals surface area contributed by atoms with Gasteiger partial charge in [-0.05, 0) is 44.4 Å². The third-order valence-corrected chi connectivity index (χ3v) is 5.36. The predicted molar refractivity (Wildman–Crippen MR) is 103 cm³/mol. The highest BCUT2D eigenvalue weighted by Gasteiger charge is 2.23. The molecule has 144 valence electrons. The molecule has 0 bridgehead atoms. The number of carbonyl (C=O) groups is 1. The number of rotatable bonds is 4. The van der Waals surface area contributed by atoms with E-state index >= 15 is 0 Å². The van der Waals surface area contributed by atoms with Gasteiger partial charge in [-0.1, -0.05) is 0 Å². The van der Waals surface area contributed by atoms with Crippen molar-refractivity contribution >= 4 is 11.7 Å². The molecule has 0 aromatic carbocycles. The van der Waals surface area contributed by atoms with E-state index in [2.05, 4.69) is 25.1 Å². The number of aryl methyl sites for hydroxylation is 1. The number of nitrogens with zero attached hydrogens (tertiary/aromatic N) is 7. The smallest absolute Gasteiger partial charge is 0.236 e. The van der Waals surface area contributed by atoms with E-state index in [1.54, 1.807) is 4.68 Å². The number of amides is 1. The standard InChI is InChI=1S/C19H27N7O/c1-16-7-10-26(22-16)18-6-5-17(20-21-18)24-13-11-23(12-14-24)15-19(27)25-8-3-2-4-9-25/h5-7,10H,2-4,8-9,11-15H2,1H3. The lowest BCUT2D eigenvalue weighted by Gasteiger charge is -2.36. The molecule has 2 fully saturated rings. The average molecular weight is 369 g/mol. The monoisotopic (exact) mass is 369 g/mol. The van der Waals surface area contributed by atoms with Crippen molar-refractivity contribution < 1.29 is 4.79 Å². The molecule has 2 aliphatic rings. The first-order valence-electron chi connectivity index (χ1n) is 9.80. The highest BCUT2D eigenvalue weighted by molar-refractivity contribution is 5.78. The fourth-order valence-corrected chi connectivity index (χ4v) is 3.72. The molecule has 4 heterocycles. The first-order chi connectivity index (χ1) is 13.2. The van der Waals surface area contributed by atoms with E-state index in [4.69, 9.17) is 0 Å². The van der Waals surface area contributed by atoms with Crippen LogP contribution in [-0.2, 0) is 4.79 Å². The second-order valence-corrected chi connectivity index (χ2v) is 7.36. The van der Waals surface area contributed by atoms with Crippen LogP contribution in [0.2, 0.25) is 0 Å². The Morgan fingerprint density at radius 1 is 0.926 bits per heavy atom. The molecular weight excluding hydrogens is 342 g/mol. The van der Waals surface area contributed by atoms with E-state index in [1.807, 2.05) is 36.2 Å². The first-order valence-corrected chi connectivity index (χ1v) is 9.80. The van der Waals surface area contributed by atoms with Gasteiger partial charge >= 0.3 is 0 Å². The van der Waals surface area contributed by atoms with Gasteiger partial charge in [0.15, 0.2) is 11.6 Å². The number of likely N-dealkylation sites (tertiary alicyclic amines) is 1. The van der Waals surface area contributed by atoms with Crippen LogP contribution >= 0.6 is 0 Å². The van der Waals surface area contributed by atoms with E-state index in [0.29, 0.717) is 6.54 Å². The van der Waals surface area contributed by atoms with Gasteiger partial charge in [0, 0.05) is 45.5 Å². The van der Waals surface area contributed by atoms with Crippen LogP contribution in [0.5, 0.6) is 0 Å². The van der Waals surface area contributed by atoms with Crippen molar-refractivity contribution in [3.05, 3.63) is 30.1 Å². The van der Waals surface area contributed by atoms with Gasteiger partial charge in [0.2, 0.25) is 5.91 Å². The van der Waals surface area contributed by atoms with Crippen molar-refractivity contribution in [3.8, 4) is 5.82 Å². The summed E-state index contributed by atoms with van der Waals surface area (Å²) in [7, 11) is 0. The fraction of sp³-hybridized carbons (Fsp3) is 0.579. The summed E-state index contributed by atoms with van der Waals surface area (Å²) in [4.78, 5) is 18.9. The molecule has 2 aliphatic heterocycles. The van der Waals surface area contributed by atoms with E-state index in [1.165, 1.54) is 6.42 Å². The van der Waals surface area contributed by atoms with Crippen LogP contribution in [0, 0.1) is 6.92 Å². The number of carbonyl (C=O) groups excluding carboxylic acids is 1. The summed E-state index contributed by atoms with van der Waals surface area (Å²) in [6.07, 6.45) is 5.43. The Balaban J connectivity index is 1.29. The molecule has 4 rings (SSSR count). The summed E-state index contributed by atoms with van der Waals surface area (Å²) >= 11 is 0. The quantitative estimate of drug-likeness (QED) is 0.804. The lowest BCUT2D eigenvalue weighted by molar-refractivity contribution is -0.133. The Morgan fingerprint density at radius 3 is 2.26 bits per heavy atom. The molecule has 0 unspecified atom stereocenters. The maximum absolute atomic E-state index is 12.4. The molecule has 0 radical (unpaired) electrons. The van der Waals surface area contributed by atoms with Crippen molar-refractivity contribution in [1.29, 1.82) is 0 Å². The van der Waals surface area contributed by atoms with Crippen LogP contribution < -0.4 is 4.90 Å². The SMILES string of the molecule is Cc1ccn(-c2ccc(N3CCN(CC(=O)N4CCCCC4)CC3)nn2)n1. The Kier molecular flexibility index (Phi) is 5.33. The summed E-state index contributed by atoms with van der Waals surface area (Å²) in [5, 5.41) is 13.0. The average Bonchev–Trinajstić information content (AvgIpc) is 3.16.